The number of hydrogen-bond donors (Lipinski definition) is 1. The summed E-state index contributed by atoms with van der Waals surface area (Å²) in [5.74, 6) is -0.754. The fourth-order valence-electron chi connectivity index (χ4n) is 1.55. The highest BCUT2D eigenvalue weighted by atomic mass is 19.1. The summed E-state index contributed by atoms with van der Waals surface area (Å²) in [6.45, 7) is 3.47. The van der Waals surface area contributed by atoms with Crippen LogP contribution < -0.4 is 5.32 Å². The number of halogens is 2. The van der Waals surface area contributed by atoms with Gasteiger partial charge >= 0.3 is 0 Å². The van der Waals surface area contributed by atoms with Crippen molar-refractivity contribution >= 4 is 0 Å². The van der Waals surface area contributed by atoms with Gasteiger partial charge in [0.05, 0.1) is 0 Å². The minimum absolute atomic E-state index is 0.135. The molecule has 0 fully saturated rings. The van der Waals surface area contributed by atoms with Crippen LogP contribution in [0.4, 0.5) is 8.78 Å². The van der Waals surface area contributed by atoms with E-state index in [1.807, 2.05) is 25.9 Å². The van der Waals surface area contributed by atoms with Gasteiger partial charge in [0.25, 0.3) is 0 Å². The molecule has 2 nitrogen and oxygen atoms in total. The smallest absolute Gasteiger partial charge is 0.128 e. The zero-order chi connectivity index (χ0) is 12.1. The molecular formula is C12H18F2N2. The van der Waals surface area contributed by atoms with Crippen LogP contribution in [0.2, 0.25) is 0 Å². The Kier molecular flexibility index (Phi) is 4.83. The molecule has 1 N–H and O–H groups in total. The Balaban J connectivity index is 2.78. The summed E-state index contributed by atoms with van der Waals surface area (Å²) in [6.07, 6.45) is 0. The van der Waals surface area contributed by atoms with E-state index in [1.165, 1.54) is 12.1 Å². The molecule has 1 aromatic carbocycles. The number of nitrogens with zero attached hydrogens (tertiary/aromatic N) is 1. The van der Waals surface area contributed by atoms with Gasteiger partial charge in [-0.05, 0) is 39.2 Å². The first kappa shape index (κ1) is 13.1. The Labute approximate surface area is 95.3 Å². The van der Waals surface area contributed by atoms with E-state index in [-0.39, 0.29) is 11.9 Å². The lowest BCUT2D eigenvalue weighted by Gasteiger charge is -2.25. The highest BCUT2D eigenvalue weighted by molar-refractivity contribution is 5.21. The van der Waals surface area contributed by atoms with Gasteiger partial charge in [0, 0.05) is 24.7 Å². The van der Waals surface area contributed by atoms with Crippen molar-refractivity contribution < 1.29 is 8.78 Å². The van der Waals surface area contributed by atoms with Crippen LogP contribution in [0.5, 0.6) is 0 Å². The summed E-state index contributed by atoms with van der Waals surface area (Å²) in [4.78, 5) is 1.98. The zero-order valence-corrected chi connectivity index (χ0v) is 9.93. The molecule has 0 aliphatic heterocycles. The Morgan fingerprint density at radius 1 is 1.38 bits per heavy atom. The second-order valence-electron chi connectivity index (χ2n) is 3.93. The van der Waals surface area contributed by atoms with Gasteiger partial charge in [0.1, 0.15) is 11.6 Å². The highest BCUT2D eigenvalue weighted by Gasteiger charge is 2.15. The molecule has 0 radical (unpaired) electrons. The second kappa shape index (κ2) is 5.92. The molecule has 0 bridgehead atoms. The molecule has 1 aromatic rings. The molecule has 0 spiro atoms. The molecule has 1 unspecified atom stereocenters. The van der Waals surface area contributed by atoms with Crippen molar-refractivity contribution in [3.8, 4) is 0 Å². The first-order valence-electron chi connectivity index (χ1n) is 5.36. The average molecular weight is 228 g/mol. The Morgan fingerprint density at radius 2 is 2.06 bits per heavy atom. The van der Waals surface area contributed by atoms with Gasteiger partial charge in [0.15, 0.2) is 0 Å². The topological polar surface area (TPSA) is 15.3 Å². The summed E-state index contributed by atoms with van der Waals surface area (Å²) < 4.78 is 26.5. The van der Waals surface area contributed by atoms with Gasteiger partial charge in [-0.15, -0.1) is 0 Å². The largest absolute Gasteiger partial charge is 0.318 e. The molecule has 4 heteroatoms. The Hall–Kier alpha value is -1.00. The fourth-order valence-corrected chi connectivity index (χ4v) is 1.55. The first-order chi connectivity index (χ1) is 7.56. The first-order valence-corrected chi connectivity index (χ1v) is 5.36. The molecule has 0 amide bonds. The van der Waals surface area contributed by atoms with E-state index in [2.05, 4.69) is 5.32 Å². The SMILES string of the molecule is CNCCN(C)C(C)c1cc(F)ccc1F. The lowest BCUT2D eigenvalue weighted by atomic mass is 10.1. The van der Waals surface area contributed by atoms with Crippen LogP contribution in [-0.2, 0) is 0 Å². The molecule has 1 rings (SSSR count). The third kappa shape index (κ3) is 3.25. The predicted octanol–water partition coefficient (Wildman–Crippen LogP) is 2.18. The zero-order valence-electron chi connectivity index (χ0n) is 9.93. The van der Waals surface area contributed by atoms with E-state index in [4.69, 9.17) is 0 Å². The molecule has 0 saturated heterocycles. The van der Waals surface area contributed by atoms with Gasteiger partial charge in [0.2, 0.25) is 0 Å². The minimum atomic E-state index is -0.398. The van der Waals surface area contributed by atoms with Crippen LogP contribution >= 0.6 is 0 Å². The molecule has 90 valence electrons. The van der Waals surface area contributed by atoms with Crippen LogP contribution in [0, 0.1) is 11.6 Å². The maximum Gasteiger partial charge on any atom is 0.128 e. The fraction of sp³-hybridized carbons (Fsp3) is 0.500. The molecular weight excluding hydrogens is 210 g/mol. The van der Waals surface area contributed by atoms with Gasteiger partial charge in [-0.25, -0.2) is 8.78 Å². The van der Waals surface area contributed by atoms with Crippen LogP contribution in [0.15, 0.2) is 18.2 Å². The van der Waals surface area contributed by atoms with Crippen molar-refractivity contribution in [1.29, 1.82) is 0 Å². The van der Waals surface area contributed by atoms with Crippen molar-refractivity contribution in [3.63, 3.8) is 0 Å². The van der Waals surface area contributed by atoms with Crippen molar-refractivity contribution in [2.24, 2.45) is 0 Å². The Bertz CT molecular complexity index is 342. The Morgan fingerprint density at radius 3 is 2.69 bits per heavy atom. The maximum atomic E-state index is 13.5. The van der Waals surface area contributed by atoms with E-state index in [0.29, 0.717) is 5.56 Å². The highest BCUT2D eigenvalue weighted by Crippen LogP contribution is 2.22. The van der Waals surface area contributed by atoms with E-state index in [1.54, 1.807) is 0 Å². The van der Waals surface area contributed by atoms with Gasteiger partial charge in [-0.2, -0.15) is 0 Å². The molecule has 16 heavy (non-hydrogen) atoms. The third-order valence-corrected chi connectivity index (χ3v) is 2.78. The van der Waals surface area contributed by atoms with Crippen molar-refractivity contribution in [1.82, 2.24) is 10.2 Å². The van der Waals surface area contributed by atoms with Crippen molar-refractivity contribution in [3.05, 3.63) is 35.4 Å². The van der Waals surface area contributed by atoms with Crippen molar-refractivity contribution in [2.45, 2.75) is 13.0 Å². The molecule has 0 saturated carbocycles. The van der Waals surface area contributed by atoms with Crippen LogP contribution in [0.25, 0.3) is 0 Å². The van der Waals surface area contributed by atoms with Gasteiger partial charge in [-0.1, -0.05) is 0 Å². The van der Waals surface area contributed by atoms with E-state index in [0.717, 1.165) is 19.2 Å². The lowest BCUT2D eigenvalue weighted by Crippen LogP contribution is -2.30. The summed E-state index contributed by atoms with van der Waals surface area (Å²) in [5.41, 5.74) is 0.401. The van der Waals surface area contributed by atoms with Gasteiger partial charge < -0.3 is 5.32 Å². The minimum Gasteiger partial charge on any atom is -0.318 e. The van der Waals surface area contributed by atoms with Crippen LogP contribution in [-0.4, -0.2) is 32.1 Å². The quantitative estimate of drug-likeness (QED) is 0.831. The van der Waals surface area contributed by atoms with E-state index < -0.39 is 5.82 Å². The number of rotatable bonds is 5. The lowest BCUT2D eigenvalue weighted by molar-refractivity contribution is 0.257. The second-order valence-corrected chi connectivity index (χ2v) is 3.93. The number of nitrogens with one attached hydrogen (secondary N) is 1. The average Bonchev–Trinajstić information content (AvgIpc) is 2.28. The van der Waals surface area contributed by atoms with E-state index in [9.17, 15) is 8.78 Å². The molecule has 0 aliphatic carbocycles. The maximum absolute atomic E-state index is 13.5. The normalized spacial score (nSPS) is 13.1. The molecule has 0 aromatic heterocycles. The number of benzene rings is 1. The monoisotopic (exact) mass is 228 g/mol. The summed E-state index contributed by atoms with van der Waals surface area (Å²) in [6, 6.07) is 3.44. The summed E-state index contributed by atoms with van der Waals surface area (Å²) in [7, 11) is 3.76. The van der Waals surface area contributed by atoms with Crippen LogP contribution in [0.1, 0.15) is 18.5 Å². The van der Waals surface area contributed by atoms with Crippen LogP contribution in [0.3, 0.4) is 0 Å². The number of likely N-dealkylation sites (N-methyl/N-ethyl adjacent to an activating group) is 2. The van der Waals surface area contributed by atoms with Gasteiger partial charge in [-0.3, -0.25) is 4.90 Å². The number of hydrogen-bond acceptors (Lipinski definition) is 2. The molecule has 0 heterocycles. The standard InChI is InChI=1S/C12H18F2N2/c1-9(16(3)7-6-15-2)11-8-10(13)4-5-12(11)14/h4-5,8-9,15H,6-7H2,1-3H3. The van der Waals surface area contributed by atoms with Crippen molar-refractivity contribution in [2.75, 3.05) is 27.2 Å². The molecule has 0 aliphatic rings. The predicted molar refractivity (Wildman–Crippen MR) is 61.3 cm³/mol. The van der Waals surface area contributed by atoms with E-state index >= 15 is 0 Å². The summed E-state index contributed by atoms with van der Waals surface area (Å²) in [5, 5.41) is 3.02. The summed E-state index contributed by atoms with van der Waals surface area (Å²) >= 11 is 0. The molecule has 1 atom stereocenters. The third-order valence-electron chi connectivity index (χ3n) is 2.78.